The fraction of sp³-hybridized carbons (Fsp3) is 0.583. The van der Waals surface area contributed by atoms with Gasteiger partial charge in [0, 0.05) is 17.5 Å². The first-order valence-electron chi connectivity index (χ1n) is 5.88. The lowest BCUT2D eigenvalue weighted by Gasteiger charge is -2.32. The van der Waals surface area contributed by atoms with Crippen LogP contribution in [0.1, 0.15) is 11.3 Å². The smallest absolute Gasteiger partial charge is 0.225 e. The average Bonchev–Trinajstić information content (AvgIpc) is 2.94. The van der Waals surface area contributed by atoms with Gasteiger partial charge in [0.2, 0.25) is 5.91 Å². The second kappa shape index (κ2) is 4.18. The van der Waals surface area contributed by atoms with Crippen LogP contribution in [0.15, 0.2) is 17.5 Å². The van der Waals surface area contributed by atoms with Gasteiger partial charge in [-0.2, -0.15) is 0 Å². The standard InChI is InChI=1S/C12H16N2OS/c15-12(11-8-6-10(11)14-7-8)13-4-3-9-2-1-5-16-9/h1-2,5,8,10-11,14H,3-4,6-7H2,(H,13,15)/t8-,10+,11-/m1/s1. The Kier molecular flexibility index (Phi) is 2.69. The van der Waals surface area contributed by atoms with Gasteiger partial charge in [0.15, 0.2) is 0 Å². The van der Waals surface area contributed by atoms with Crippen LogP contribution in [0.3, 0.4) is 0 Å². The predicted molar refractivity (Wildman–Crippen MR) is 64.4 cm³/mol. The van der Waals surface area contributed by atoms with Crippen LogP contribution >= 0.6 is 11.3 Å². The summed E-state index contributed by atoms with van der Waals surface area (Å²) in [5.41, 5.74) is 0. The molecular formula is C12H16N2OS. The molecule has 1 aromatic heterocycles. The molecular weight excluding hydrogens is 220 g/mol. The minimum absolute atomic E-state index is 0.253. The van der Waals surface area contributed by atoms with Crippen molar-refractivity contribution in [2.45, 2.75) is 18.9 Å². The molecule has 0 radical (unpaired) electrons. The molecule has 3 nitrogen and oxygen atoms in total. The molecule has 4 heteroatoms. The minimum atomic E-state index is 0.253. The van der Waals surface area contributed by atoms with E-state index in [2.05, 4.69) is 28.1 Å². The van der Waals surface area contributed by atoms with E-state index in [1.54, 1.807) is 11.3 Å². The molecule has 86 valence electrons. The second-order valence-corrected chi connectivity index (χ2v) is 5.69. The molecule has 0 unspecified atom stereocenters. The number of thiophene rings is 1. The summed E-state index contributed by atoms with van der Waals surface area (Å²) in [4.78, 5) is 13.2. The summed E-state index contributed by atoms with van der Waals surface area (Å²) in [5, 5.41) is 8.50. The van der Waals surface area contributed by atoms with Crippen molar-refractivity contribution in [2.75, 3.05) is 13.1 Å². The van der Waals surface area contributed by atoms with Gasteiger partial charge in [-0.3, -0.25) is 4.79 Å². The Labute approximate surface area is 99.2 Å². The SMILES string of the molecule is O=C(NCCc1cccs1)[C@@H]1[C@H]2CN[C@H]1C2. The molecule has 0 spiro atoms. The second-order valence-electron chi connectivity index (χ2n) is 4.66. The summed E-state index contributed by atoms with van der Waals surface area (Å²) < 4.78 is 0. The van der Waals surface area contributed by atoms with Gasteiger partial charge < -0.3 is 10.6 Å². The highest BCUT2D eigenvalue weighted by atomic mass is 32.1. The van der Waals surface area contributed by atoms with Crippen molar-refractivity contribution in [3.05, 3.63) is 22.4 Å². The molecule has 3 aliphatic rings. The lowest BCUT2D eigenvalue weighted by molar-refractivity contribution is -0.129. The van der Waals surface area contributed by atoms with Gasteiger partial charge in [0.1, 0.15) is 0 Å². The molecule has 2 N–H and O–H groups in total. The van der Waals surface area contributed by atoms with E-state index in [0.717, 1.165) is 19.5 Å². The summed E-state index contributed by atoms with van der Waals surface area (Å²) >= 11 is 1.75. The maximum atomic E-state index is 11.9. The maximum Gasteiger partial charge on any atom is 0.225 e. The van der Waals surface area contributed by atoms with Crippen LogP contribution in [0.25, 0.3) is 0 Å². The highest BCUT2D eigenvalue weighted by molar-refractivity contribution is 7.09. The van der Waals surface area contributed by atoms with Crippen molar-refractivity contribution < 1.29 is 4.79 Å². The molecule has 0 aromatic carbocycles. The van der Waals surface area contributed by atoms with Crippen molar-refractivity contribution in [3.63, 3.8) is 0 Å². The Balaban J connectivity index is 1.44. The average molecular weight is 236 g/mol. The van der Waals surface area contributed by atoms with Crippen molar-refractivity contribution >= 4 is 17.2 Å². The van der Waals surface area contributed by atoms with Gasteiger partial charge in [-0.05, 0) is 36.8 Å². The Bertz CT molecular complexity index is 362. The molecule has 2 saturated heterocycles. The summed E-state index contributed by atoms with van der Waals surface area (Å²) in [6.07, 6.45) is 2.15. The molecule has 3 fully saturated rings. The van der Waals surface area contributed by atoms with Gasteiger partial charge in [-0.25, -0.2) is 0 Å². The zero-order chi connectivity index (χ0) is 11.0. The van der Waals surface area contributed by atoms with E-state index in [1.165, 1.54) is 11.3 Å². The van der Waals surface area contributed by atoms with Crippen molar-refractivity contribution in [3.8, 4) is 0 Å². The molecule has 1 aromatic rings. The van der Waals surface area contributed by atoms with E-state index >= 15 is 0 Å². The van der Waals surface area contributed by atoms with Crippen LogP contribution in [0.5, 0.6) is 0 Å². The lowest BCUT2D eigenvalue weighted by Crippen LogP contribution is -2.47. The van der Waals surface area contributed by atoms with E-state index in [9.17, 15) is 4.79 Å². The number of amides is 1. The van der Waals surface area contributed by atoms with Gasteiger partial charge in [-0.1, -0.05) is 6.07 Å². The van der Waals surface area contributed by atoms with Crippen molar-refractivity contribution in [2.24, 2.45) is 11.8 Å². The third kappa shape index (κ3) is 1.76. The third-order valence-corrected chi connectivity index (χ3v) is 4.63. The number of rotatable bonds is 4. The fourth-order valence-electron chi connectivity index (χ4n) is 2.75. The Morgan fingerprint density at radius 2 is 2.56 bits per heavy atom. The topological polar surface area (TPSA) is 41.1 Å². The molecule has 1 saturated carbocycles. The molecule has 1 aliphatic carbocycles. The summed E-state index contributed by atoms with van der Waals surface area (Å²) in [6.45, 7) is 1.81. The number of nitrogens with one attached hydrogen (secondary N) is 2. The summed E-state index contributed by atoms with van der Waals surface area (Å²) in [5.74, 6) is 1.11. The molecule has 2 aliphatic heterocycles. The molecule has 16 heavy (non-hydrogen) atoms. The monoisotopic (exact) mass is 236 g/mol. The van der Waals surface area contributed by atoms with Crippen LogP contribution in [0, 0.1) is 11.8 Å². The maximum absolute atomic E-state index is 11.9. The van der Waals surface area contributed by atoms with E-state index in [1.807, 2.05) is 0 Å². The van der Waals surface area contributed by atoms with Crippen LogP contribution in [0.4, 0.5) is 0 Å². The highest BCUT2D eigenvalue weighted by Crippen LogP contribution is 2.39. The molecule has 4 rings (SSSR count). The van der Waals surface area contributed by atoms with Gasteiger partial charge in [-0.15, -0.1) is 11.3 Å². The number of fused-ring (bicyclic) bond motifs is 1. The first-order valence-corrected chi connectivity index (χ1v) is 6.76. The number of carbonyl (C=O) groups excluding carboxylic acids is 1. The normalized spacial score (nSPS) is 31.1. The molecule has 1 amide bonds. The highest BCUT2D eigenvalue weighted by Gasteiger charge is 2.50. The summed E-state index contributed by atoms with van der Waals surface area (Å²) in [6, 6.07) is 4.63. The largest absolute Gasteiger partial charge is 0.355 e. The summed E-state index contributed by atoms with van der Waals surface area (Å²) in [7, 11) is 0. The van der Waals surface area contributed by atoms with Crippen molar-refractivity contribution in [1.82, 2.24) is 10.6 Å². The van der Waals surface area contributed by atoms with Gasteiger partial charge in [0.05, 0.1) is 5.92 Å². The van der Waals surface area contributed by atoms with Crippen LogP contribution < -0.4 is 10.6 Å². The minimum Gasteiger partial charge on any atom is -0.355 e. The predicted octanol–water partition coefficient (Wildman–Crippen LogP) is 1.01. The molecule has 3 atom stereocenters. The molecule has 3 heterocycles. The quantitative estimate of drug-likeness (QED) is 0.819. The van der Waals surface area contributed by atoms with Gasteiger partial charge in [0.25, 0.3) is 0 Å². The fourth-order valence-corrected chi connectivity index (χ4v) is 3.46. The Morgan fingerprint density at radius 1 is 1.62 bits per heavy atom. The van der Waals surface area contributed by atoms with Crippen LogP contribution in [0.2, 0.25) is 0 Å². The Morgan fingerprint density at radius 3 is 3.19 bits per heavy atom. The Hall–Kier alpha value is -0.870. The first kappa shape index (κ1) is 10.3. The number of hydrogen-bond acceptors (Lipinski definition) is 3. The zero-order valence-corrected chi connectivity index (χ0v) is 9.93. The first-order chi connectivity index (χ1) is 7.84. The number of carbonyl (C=O) groups is 1. The van der Waals surface area contributed by atoms with E-state index < -0.39 is 0 Å². The van der Waals surface area contributed by atoms with E-state index in [-0.39, 0.29) is 11.8 Å². The third-order valence-electron chi connectivity index (χ3n) is 3.69. The lowest BCUT2D eigenvalue weighted by atomic mass is 9.73. The molecule has 2 bridgehead atoms. The zero-order valence-electron chi connectivity index (χ0n) is 9.11. The van der Waals surface area contributed by atoms with Gasteiger partial charge >= 0.3 is 0 Å². The van der Waals surface area contributed by atoms with E-state index in [0.29, 0.717) is 12.0 Å². The van der Waals surface area contributed by atoms with Crippen LogP contribution in [-0.2, 0) is 11.2 Å². The van der Waals surface area contributed by atoms with E-state index in [4.69, 9.17) is 0 Å². The van der Waals surface area contributed by atoms with Crippen LogP contribution in [-0.4, -0.2) is 25.0 Å². The van der Waals surface area contributed by atoms with Crippen molar-refractivity contribution in [1.29, 1.82) is 0 Å². The number of hydrogen-bond donors (Lipinski definition) is 2.